The second kappa shape index (κ2) is 4.66. The molecule has 3 rings (SSSR count). The number of aromatic nitrogens is 4. The van der Waals surface area contributed by atoms with Gasteiger partial charge in [0.15, 0.2) is 15.7 Å². The van der Waals surface area contributed by atoms with Gasteiger partial charge in [-0.15, -0.1) is 10.2 Å². The van der Waals surface area contributed by atoms with Gasteiger partial charge in [0.1, 0.15) is 5.82 Å². The molecule has 0 bridgehead atoms. The van der Waals surface area contributed by atoms with Crippen molar-refractivity contribution in [3.8, 4) is 0 Å². The van der Waals surface area contributed by atoms with Crippen molar-refractivity contribution >= 4 is 21.3 Å². The average molecular weight is 309 g/mol. The van der Waals surface area contributed by atoms with Crippen molar-refractivity contribution < 1.29 is 8.42 Å². The molecule has 7 nitrogen and oxygen atoms in total. The van der Waals surface area contributed by atoms with Crippen molar-refractivity contribution in [3.05, 3.63) is 18.2 Å². The second-order valence-electron chi connectivity index (χ2n) is 6.36. The van der Waals surface area contributed by atoms with Crippen molar-refractivity contribution in [1.29, 1.82) is 0 Å². The van der Waals surface area contributed by atoms with Crippen LogP contribution >= 0.6 is 0 Å². The first-order chi connectivity index (χ1) is 9.78. The summed E-state index contributed by atoms with van der Waals surface area (Å²) in [6.07, 6.45) is 3.56. The van der Waals surface area contributed by atoms with Crippen LogP contribution in [0.25, 0.3) is 5.65 Å². The largest absolute Gasteiger partial charge is 0.351 e. The van der Waals surface area contributed by atoms with E-state index in [-0.39, 0.29) is 16.9 Å². The Morgan fingerprint density at radius 1 is 1.14 bits per heavy atom. The predicted molar refractivity (Wildman–Crippen MR) is 80.3 cm³/mol. The lowest BCUT2D eigenvalue weighted by molar-refractivity contribution is 0.538. The van der Waals surface area contributed by atoms with Gasteiger partial charge in [-0.3, -0.25) is 4.40 Å². The van der Waals surface area contributed by atoms with Crippen LogP contribution in [0.4, 0.5) is 5.82 Å². The Bertz CT molecular complexity index is 761. The molecule has 114 valence electrons. The molecule has 0 N–H and O–H groups in total. The standard InChI is InChI=1S/C13H19N5O2S/c1-13(2,3)12-16-15-11-10(14-4-5-18(11)12)17-6-8-21(19,20)9-7-17/h4-5H,6-9H2,1-3H3. The molecule has 21 heavy (non-hydrogen) atoms. The Labute approximate surface area is 123 Å². The van der Waals surface area contributed by atoms with Gasteiger partial charge < -0.3 is 4.90 Å². The highest BCUT2D eigenvalue weighted by Crippen LogP contribution is 2.25. The third-order valence-corrected chi connectivity index (χ3v) is 5.23. The van der Waals surface area contributed by atoms with Crippen LogP contribution in [0.3, 0.4) is 0 Å². The second-order valence-corrected chi connectivity index (χ2v) is 8.66. The lowest BCUT2D eigenvalue weighted by Crippen LogP contribution is -2.41. The highest BCUT2D eigenvalue weighted by molar-refractivity contribution is 7.91. The minimum atomic E-state index is -2.91. The number of hydrogen-bond acceptors (Lipinski definition) is 6. The van der Waals surface area contributed by atoms with E-state index < -0.39 is 9.84 Å². The van der Waals surface area contributed by atoms with E-state index in [4.69, 9.17) is 0 Å². The summed E-state index contributed by atoms with van der Waals surface area (Å²) in [5.41, 5.74) is 0.560. The number of fused-ring (bicyclic) bond motifs is 1. The zero-order valence-corrected chi connectivity index (χ0v) is 13.3. The molecule has 8 heteroatoms. The molecule has 2 aromatic heterocycles. The van der Waals surface area contributed by atoms with Gasteiger partial charge in [-0.1, -0.05) is 20.8 Å². The molecule has 0 aliphatic carbocycles. The molecule has 0 spiro atoms. The van der Waals surface area contributed by atoms with E-state index in [1.807, 2.05) is 15.5 Å². The fourth-order valence-corrected chi connectivity index (χ4v) is 3.67. The van der Waals surface area contributed by atoms with Gasteiger partial charge in [-0.25, -0.2) is 13.4 Å². The van der Waals surface area contributed by atoms with Crippen LogP contribution in [-0.4, -0.2) is 52.6 Å². The molecule has 1 aliphatic heterocycles. The van der Waals surface area contributed by atoms with Crippen molar-refractivity contribution in [2.75, 3.05) is 29.5 Å². The van der Waals surface area contributed by atoms with Crippen molar-refractivity contribution in [2.24, 2.45) is 0 Å². The van der Waals surface area contributed by atoms with Crippen LogP contribution in [0, 0.1) is 0 Å². The molecule has 1 aliphatic rings. The van der Waals surface area contributed by atoms with E-state index in [0.29, 0.717) is 24.6 Å². The Morgan fingerprint density at radius 2 is 1.81 bits per heavy atom. The van der Waals surface area contributed by atoms with Crippen LogP contribution < -0.4 is 4.90 Å². The zero-order chi connectivity index (χ0) is 15.3. The summed E-state index contributed by atoms with van der Waals surface area (Å²) in [4.78, 5) is 6.35. The van der Waals surface area contributed by atoms with Crippen LogP contribution in [0.5, 0.6) is 0 Å². The zero-order valence-electron chi connectivity index (χ0n) is 12.4. The van der Waals surface area contributed by atoms with Crippen LogP contribution in [0.1, 0.15) is 26.6 Å². The number of hydrogen-bond donors (Lipinski definition) is 0. The number of nitrogens with zero attached hydrogens (tertiary/aromatic N) is 5. The lowest BCUT2D eigenvalue weighted by Gasteiger charge is -2.27. The summed E-state index contributed by atoms with van der Waals surface area (Å²) in [5.74, 6) is 1.90. The summed E-state index contributed by atoms with van der Waals surface area (Å²) >= 11 is 0. The van der Waals surface area contributed by atoms with Gasteiger partial charge >= 0.3 is 0 Å². The van der Waals surface area contributed by atoms with Gasteiger partial charge in [0.2, 0.25) is 5.65 Å². The first-order valence-corrected chi connectivity index (χ1v) is 8.76. The third-order valence-electron chi connectivity index (χ3n) is 3.62. The van der Waals surface area contributed by atoms with E-state index in [0.717, 1.165) is 5.82 Å². The van der Waals surface area contributed by atoms with E-state index in [2.05, 4.69) is 36.0 Å². The fraction of sp³-hybridized carbons (Fsp3) is 0.615. The molecule has 3 heterocycles. The maximum absolute atomic E-state index is 11.5. The molecule has 2 aromatic rings. The molecule has 0 atom stereocenters. The normalized spacial score (nSPS) is 19.1. The Morgan fingerprint density at radius 3 is 2.43 bits per heavy atom. The van der Waals surface area contributed by atoms with Crippen molar-refractivity contribution in [2.45, 2.75) is 26.2 Å². The van der Waals surface area contributed by atoms with Gasteiger partial charge in [0, 0.05) is 30.9 Å². The molecular formula is C13H19N5O2S. The van der Waals surface area contributed by atoms with Crippen molar-refractivity contribution in [3.63, 3.8) is 0 Å². The number of rotatable bonds is 1. The smallest absolute Gasteiger partial charge is 0.203 e. The maximum Gasteiger partial charge on any atom is 0.203 e. The van der Waals surface area contributed by atoms with E-state index >= 15 is 0 Å². The summed E-state index contributed by atoms with van der Waals surface area (Å²) < 4.78 is 25.0. The highest BCUT2D eigenvalue weighted by Gasteiger charge is 2.27. The first kappa shape index (κ1) is 14.2. The Hall–Kier alpha value is -1.70. The molecule has 0 unspecified atom stereocenters. The number of anilines is 1. The average Bonchev–Trinajstić information content (AvgIpc) is 2.82. The molecule has 0 amide bonds. The van der Waals surface area contributed by atoms with Crippen LogP contribution in [-0.2, 0) is 15.3 Å². The molecule has 1 saturated heterocycles. The lowest BCUT2D eigenvalue weighted by atomic mass is 9.96. The Balaban J connectivity index is 2.03. The quantitative estimate of drug-likeness (QED) is 0.770. The number of sulfone groups is 1. The minimum Gasteiger partial charge on any atom is -0.351 e. The van der Waals surface area contributed by atoms with E-state index in [1.54, 1.807) is 6.20 Å². The van der Waals surface area contributed by atoms with Crippen LogP contribution in [0.2, 0.25) is 0 Å². The minimum absolute atomic E-state index is 0.122. The van der Waals surface area contributed by atoms with E-state index in [9.17, 15) is 8.42 Å². The monoisotopic (exact) mass is 309 g/mol. The van der Waals surface area contributed by atoms with Crippen molar-refractivity contribution in [1.82, 2.24) is 19.6 Å². The topological polar surface area (TPSA) is 80.5 Å². The SMILES string of the molecule is CC(C)(C)c1nnc2c(N3CCS(=O)(=O)CC3)nccn12. The first-order valence-electron chi connectivity index (χ1n) is 6.93. The summed E-state index contributed by atoms with van der Waals surface area (Å²) in [7, 11) is -2.91. The fourth-order valence-electron chi connectivity index (χ4n) is 2.47. The van der Waals surface area contributed by atoms with E-state index in [1.165, 1.54) is 0 Å². The molecule has 0 radical (unpaired) electrons. The summed E-state index contributed by atoms with van der Waals surface area (Å²) in [6, 6.07) is 0. The molecule has 0 saturated carbocycles. The van der Waals surface area contributed by atoms with Gasteiger partial charge in [0.05, 0.1) is 11.5 Å². The van der Waals surface area contributed by atoms with Gasteiger partial charge in [-0.05, 0) is 0 Å². The van der Waals surface area contributed by atoms with Crippen LogP contribution in [0.15, 0.2) is 12.4 Å². The van der Waals surface area contributed by atoms with Gasteiger partial charge in [-0.2, -0.15) is 0 Å². The predicted octanol–water partition coefficient (Wildman–Crippen LogP) is 0.657. The summed E-state index contributed by atoms with van der Waals surface area (Å²) in [6.45, 7) is 7.14. The molecular weight excluding hydrogens is 290 g/mol. The Kier molecular flexibility index (Phi) is 3.16. The van der Waals surface area contributed by atoms with Gasteiger partial charge in [0.25, 0.3) is 0 Å². The molecule has 0 aromatic carbocycles. The highest BCUT2D eigenvalue weighted by atomic mass is 32.2. The molecule has 1 fully saturated rings. The summed E-state index contributed by atoms with van der Waals surface area (Å²) in [5, 5.41) is 8.53. The third kappa shape index (κ3) is 2.59. The maximum atomic E-state index is 11.5.